The molecule has 2 N–H and O–H groups in total. The van der Waals surface area contributed by atoms with Gasteiger partial charge >= 0.3 is 0 Å². The van der Waals surface area contributed by atoms with Gasteiger partial charge in [0, 0.05) is 33.1 Å². The summed E-state index contributed by atoms with van der Waals surface area (Å²) in [7, 11) is 0. The summed E-state index contributed by atoms with van der Waals surface area (Å²) >= 11 is 7.44. The van der Waals surface area contributed by atoms with Crippen LogP contribution in [0.3, 0.4) is 0 Å². The maximum Gasteiger partial charge on any atom is 0.161 e. The Morgan fingerprint density at radius 2 is 0.766 bits per heavy atom. The molecule has 64 heavy (non-hydrogen) atoms. The van der Waals surface area contributed by atoms with Gasteiger partial charge in [0.1, 0.15) is 6.54 Å². The number of rotatable bonds is 7. The fourth-order valence-electron chi connectivity index (χ4n) is 6.14. The van der Waals surface area contributed by atoms with E-state index in [0.717, 1.165) is 67.6 Å². The van der Waals surface area contributed by atoms with Crippen LogP contribution < -0.4 is 22.3 Å². The summed E-state index contributed by atoms with van der Waals surface area (Å²) in [6, 6.07) is 49.2. The minimum Gasteiger partial charge on any atom is -1.00 e. The summed E-state index contributed by atoms with van der Waals surface area (Å²) in [5.74, 6) is 29.1. The predicted molar refractivity (Wildman–Crippen MR) is 273 cm³/mol. The Bertz CT molecular complexity index is 2650. The normalized spacial score (nSPS) is 10.2. The number of hydrogen-bond donors (Lipinski definition) is 1. The lowest BCUT2D eigenvalue weighted by Crippen LogP contribution is -3.00. The Labute approximate surface area is 409 Å². The van der Waals surface area contributed by atoms with Crippen LogP contribution >= 0.6 is 15.9 Å². The highest BCUT2D eigenvalue weighted by molar-refractivity contribution is 9.08. The molecule has 0 unspecified atom stereocenters. The largest absolute Gasteiger partial charge is 1.00 e. The molecule has 320 valence electrons. The van der Waals surface area contributed by atoms with E-state index < -0.39 is 0 Å². The molecule has 0 radical (unpaired) electrons. The average Bonchev–Trinajstić information content (AvgIpc) is 3.33. The predicted octanol–water partition coefficient (Wildman–Crippen LogP) is 8.76. The third-order valence-corrected chi connectivity index (χ3v) is 11.1. The van der Waals surface area contributed by atoms with Crippen LogP contribution in [-0.2, 0) is 40.7 Å². The van der Waals surface area contributed by atoms with E-state index in [1.165, 1.54) is 11.1 Å². The molecule has 0 atom stereocenters. The minimum absolute atomic E-state index is 0. The van der Waals surface area contributed by atoms with E-state index >= 15 is 0 Å². The second-order valence-corrected chi connectivity index (χ2v) is 16.8. The van der Waals surface area contributed by atoms with Crippen LogP contribution in [-0.4, -0.2) is 6.26 Å². The number of terminal acetylenes is 3. The van der Waals surface area contributed by atoms with Crippen molar-refractivity contribution in [3.05, 3.63) is 207 Å². The van der Waals surface area contributed by atoms with Gasteiger partial charge in [-0.05, 0) is 112 Å². The van der Waals surface area contributed by atoms with E-state index in [9.17, 15) is 0 Å². The van der Waals surface area contributed by atoms with Gasteiger partial charge in [-0.3, -0.25) is 0 Å². The Balaban J connectivity index is 0.000000881. The molecule has 0 saturated carbocycles. The van der Waals surface area contributed by atoms with Crippen molar-refractivity contribution in [2.45, 2.75) is 69.7 Å². The van der Waals surface area contributed by atoms with Crippen molar-refractivity contribution in [1.29, 1.82) is 0 Å². The molecule has 0 aliphatic heterocycles. The number of alkyl halides is 1. The highest BCUT2D eigenvalue weighted by Gasteiger charge is 2.19. The SMILES string of the molecule is BrCc1ccccc1.C#CC(C)(C)c1ccc(C#Cc2cc(C#Cc3ccc(C(C)(C)C#C)cc3)c([NH2+]Cc3ccccc3)c(C#Cc3ccc(C(C)(C)C#C)cc3)c2)cc1.C[S-].[Br-]. The second kappa shape index (κ2) is 25.3. The van der Waals surface area contributed by atoms with Gasteiger partial charge in [-0.25, -0.2) is 0 Å². The van der Waals surface area contributed by atoms with E-state index in [-0.39, 0.29) is 33.2 Å². The van der Waals surface area contributed by atoms with Crippen LogP contribution in [0.4, 0.5) is 5.69 Å². The molecule has 0 aliphatic rings. The summed E-state index contributed by atoms with van der Waals surface area (Å²) in [5.41, 5.74) is 10.8. The Kier molecular flexibility index (Phi) is 20.7. The molecule has 0 aromatic heterocycles. The number of nitrogens with two attached hydrogens (primary N) is 1. The lowest BCUT2D eigenvalue weighted by atomic mass is 9.85. The van der Waals surface area contributed by atoms with Gasteiger partial charge in [0.15, 0.2) is 5.69 Å². The molecule has 4 heteroatoms. The maximum atomic E-state index is 5.79. The molecule has 0 amide bonds. The van der Waals surface area contributed by atoms with E-state index in [1.807, 2.05) is 114 Å². The molecule has 0 heterocycles. The summed E-state index contributed by atoms with van der Waals surface area (Å²) in [6.07, 6.45) is 18.9. The van der Waals surface area contributed by atoms with Crippen molar-refractivity contribution in [3.63, 3.8) is 0 Å². The van der Waals surface area contributed by atoms with E-state index in [2.05, 4.69) is 160 Å². The van der Waals surface area contributed by atoms with Crippen molar-refractivity contribution >= 4 is 34.2 Å². The standard InChI is InChI=1S/C52H43N.C7H7Br.CH4S.BrH/c1-10-50(4,5)46-30-22-39(23-31-46)18-19-43-36-44(28-20-40-24-32-47(33-25-40)51(6,7)11-2)49(53-38-42-16-14-13-15-17-42)45(37-43)29-21-41-26-34-48(35-27-41)52(8,9)12-3;8-6-7-4-2-1-3-5-7;1-2;/h1-3,13-17,22-27,30-37,53H,38H2,4-9H3;1-5H,6H2;2H,1H3;1H/p-1. The van der Waals surface area contributed by atoms with Crippen molar-refractivity contribution in [2.75, 3.05) is 6.26 Å². The summed E-state index contributed by atoms with van der Waals surface area (Å²) < 4.78 is 0. The fourth-order valence-corrected chi connectivity index (χ4v) is 6.51. The molecule has 6 aromatic rings. The molecule has 0 aliphatic carbocycles. The number of benzene rings is 6. The zero-order valence-electron chi connectivity index (χ0n) is 37.7. The zero-order valence-corrected chi connectivity index (χ0v) is 41.7. The second-order valence-electron chi connectivity index (χ2n) is 16.3. The molecule has 6 aromatic carbocycles. The Morgan fingerprint density at radius 1 is 0.453 bits per heavy atom. The monoisotopic (exact) mass is 978 g/mol. The van der Waals surface area contributed by atoms with Crippen molar-refractivity contribution < 1.29 is 22.3 Å². The highest BCUT2D eigenvalue weighted by atomic mass is 79.9. The van der Waals surface area contributed by atoms with Gasteiger partial charge < -0.3 is 34.9 Å². The van der Waals surface area contributed by atoms with Gasteiger partial charge in [0.05, 0.1) is 27.4 Å². The van der Waals surface area contributed by atoms with Gasteiger partial charge in [-0.15, -0.1) is 19.3 Å². The van der Waals surface area contributed by atoms with Gasteiger partial charge in [-0.2, -0.15) is 6.26 Å². The Hall–Kier alpha value is -6.05. The maximum absolute atomic E-state index is 5.79. The van der Waals surface area contributed by atoms with Crippen molar-refractivity contribution in [3.8, 4) is 72.6 Å². The fraction of sp³-hybridized carbons (Fsp3) is 0.200. The first-order valence-electron chi connectivity index (χ1n) is 20.6. The lowest BCUT2D eigenvalue weighted by Gasteiger charge is -2.17. The Morgan fingerprint density at radius 3 is 1.08 bits per heavy atom. The number of hydrogen-bond acceptors (Lipinski definition) is 1. The quantitative estimate of drug-likeness (QED) is 0.0734. The van der Waals surface area contributed by atoms with Crippen LogP contribution in [0, 0.1) is 72.6 Å². The third kappa shape index (κ3) is 15.3. The summed E-state index contributed by atoms with van der Waals surface area (Å²) in [4.78, 5) is 0. The topological polar surface area (TPSA) is 16.6 Å². The molecule has 6 rings (SSSR count). The first kappa shape index (κ1) is 52.3. The van der Waals surface area contributed by atoms with E-state index in [4.69, 9.17) is 19.3 Å². The molecule has 0 spiro atoms. The van der Waals surface area contributed by atoms with Gasteiger partial charge in [0.25, 0.3) is 0 Å². The van der Waals surface area contributed by atoms with Crippen LogP contribution in [0.1, 0.15) is 103 Å². The first-order chi connectivity index (χ1) is 30.3. The van der Waals surface area contributed by atoms with Crippen LogP contribution in [0.25, 0.3) is 0 Å². The van der Waals surface area contributed by atoms with Crippen LogP contribution in [0.15, 0.2) is 146 Å². The third-order valence-electron chi connectivity index (χ3n) is 10.5. The smallest absolute Gasteiger partial charge is 0.161 e. The molecule has 1 nitrogen and oxygen atoms in total. The van der Waals surface area contributed by atoms with E-state index in [1.54, 1.807) is 6.26 Å². The average molecular weight is 981 g/mol. The molecule has 0 saturated heterocycles. The molecule has 0 bridgehead atoms. The summed E-state index contributed by atoms with van der Waals surface area (Å²) in [5, 5.41) is 3.16. The summed E-state index contributed by atoms with van der Waals surface area (Å²) in [6.45, 7) is 12.9. The minimum atomic E-state index is -0.359. The van der Waals surface area contributed by atoms with Gasteiger partial charge in [0.2, 0.25) is 0 Å². The molecular formula is C60H54Br2NS-. The van der Waals surface area contributed by atoms with Crippen LogP contribution in [0.2, 0.25) is 0 Å². The zero-order chi connectivity index (χ0) is 45.9. The van der Waals surface area contributed by atoms with Crippen molar-refractivity contribution in [2.24, 2.45) is 0 Å². The lowest BCUT2D eigenvalue weighted by molar-refractivity contribution is -0.588. The van der Waals surface area contributed by atoms with Gasteiger partial charge in [-0.1, -0.05) is 166 Å². The number of quaternary nitrogens is 1. The number of halogens is 2. The molecule has 0 fully saturated rings. The first-order valence-corrected chi connectivity index (χ1v) is 22.6. The highest BCUT2D eigenvalue weighted by Crippen LogP contribution is 2.25. The molecular weight excluding hydrogens is 927 g/mol. The van der Waals surface area contributed by atoms with Crippen LogP contribution in [0.5, 0.6) is 0 Å². The van der Waals surface area contributed by atoms with Crippen molar-refractivity contribution in [1.82, 2.24) is 0 Å². The van der Waals surface area contributed by atoms with E-state index in [0.29, 0.717) is 0 Å².